The van der Waals surface area contributed by atoms with Crippen LogP contribution in [-0.2, 0) is 11.3 Å². The number of nitrogens with one attached hydrogen (secondary N) is 1. The number of likely N-dealkylation sites (tertiary alicyclic amines) is 1. The van der Waals surface area contributed by atoms with E-state index in [-0.39, 0.29) is 6.04 Å². The molecular formula is C7H15N2O2S-. The molecule has 0 aromatic rings. The normalized spacial score (nSPS) is 27.7. The summed E-state index contributed by atoms with van der Waals surface area (Å²) in [6.07, 6.45) is 2.07. The minimum absolute atomic E-state index is 0.134. The third kappa shape index (κ3) is 3.18. The predicted octanol–water partition coefficient (Wildman–Crippen LogP) is -0.146. The van der Waals surface area contributed by atoms with Gasteiger partial charge in [-0.2, -0.15) is 0 Å². The van der Waals surface area contributed by atoms with Crippen LogP contribution in [0.25, 0.3) is 0 Å². The minimum Gasteiger partial charge on any atom is -0.760 e. The molecule has 5 heteroatoms. The summed E-state index contributed by atoms with van der Waals surface area (Å²) in [6.45, 7) is 5.08. The van der Waals surface area contributed by atoms with E-state index in [1.807, 2.05) is 0 Å². The van der Waals surface area contributed by atoms with Crippen molar-refractivity contribution in [2.24, 2.45) is 0 Å². The van der Waals surface area contributed by atoms with Gasteiger partial charge in [0.2, 0.25) is 0 Å². The van der Waals surface area contributed by atoms with Crippen LogP contribution in [0.4, 0.5) is 0 Å². The standard InChI is InChI=1S/C7H16N2O2S/c1-2-4-9-5-3-7(6-9)8-12(10)11/h7-8H,2-6H2,1H3,(H,10,11)/p-1. The third-order valence-corrected chi connectivity index (χ3v) is 2.60. The molecule has 0 saturated carbocycles. The maximum Gasteiger partial charge on any atom is 0.0324 e. The molecule has 12 heavy (non-hydrogen) atoms. The molecule has 2 unspecified atom stereocenters. The van der Waals surface area contributed by atoms with Gasteiger partial charge in [-0.15, -0.1) is 0 Å². The molecular weight excluding hydrogens is 176 g/mol. The van der Waals surface area contributed by atoms with Gasteiger partial charge in [0.25, 0.3) is 0 Å². The summed E-state index contributed by atoms with van der Waals surface area (Å²) < 4.78 is 23.1. The Labute approximate surface area is 75.7 Å². The SMILES string of the molecule is CCCN1CCC(NS(=O)[O-])C1. The predicted molar refractivity (Wildman–Crippen MR) is 47.2 cm³/mol. The molecule has 0 spiro atoms. The Bertz CT molecular complexity index is 165. The lowest BCUT2D eigenvalue weighted by Gasteiger charge is -2.16. The fourth-order valence-electron chi connectivity index (χ4n) is 1.58. The summed E-state index contributed by atoms with van der Waals surface area (Å²) in [6, 6.07) is 0.134. The van der Waals surface area contributed by atoms with Crippen molar-refractivity contribution in [3.63, 3.8) is 0 Å². The van der Waals surface area contributed by atoms with E-state index in [4.69, 9.17) is 0 Å². The fraction of sp³-hybridized carbons (Fsp3) is 1.00. The maximum absolute atomic E-state index is 10.3. The van der Waals surface area contributed by atoms with E-state index >= 15 is 0 Å². The Morgan fingerprint density at radius 1 is 1.75 bits per heavy atom. The summed E-state index contributed by atoms with van der Waals surface area (Å²) in [5.74, 6) is 0. The third-order valence-electron chi connectivity index (χ3n) is 2.08. The largest absolute Gasteiger partial charge is 0.760 e. The highest BCUT2D eigenvalue weighted by atomic mass is 32.2. The van der Waals surface area contributed by atoms with E-state index in [0.717, 1.165) is 32.5 Å². The second-order valence-corrected chi connectivity index (χ2v) is 3.84. The topological polar surface area (TPSA) is 55.4 Å². The molecule has 1 heterocycles. The Balaban J connectivity index is 2.21. The molecule has 4 nitrogen and oxygen atoms in total. The van der Waals surface area contributed by atoms with Crippen molar-refractivity contribution in [1.82, 2.24) is 9.62 Å². The summed E-state index contributed by atoms with van der Waals surface area (Å²) in [7, 11) is 0. The summed E-state index contributed by atoms with van der Waals surface area (Å²) >= 11 is -2.10. The zero-order valence-corrected chi connectivity index (χ0v) is 8.10. The average molecular weight is 191 g/mol. The second-order valence-electron chi connectivity index (χ2n) is 3.14. The minimum atomic E-state index is -2.10. The number of rotatable bonds is 4. The van der Waals surface area contributed by atoms with E-state index < -0.39 is 11.3 Å². The van der Waals surface area contributed by atoms with Crippen LogP contribution in [0.5, 0.6) is 0 Å². The van der Waals surface area contributed by atoms with E-state index in [1.54, 1.807) is 0 Å². The molecule has 2 atom stereocenters. The van der Waals surface area contributed by atoms with Crippen LogP contribution in [0.15, 0.2) is 0 Å². The molecule has 1 saturated heterocycles. The van der Waals surface area contributed by atoms with Crippen molar-refractivity contribution in [3.8, 4) is 0 Å². The van der Waals surface area contributed by atoms with Gasteiger partial charge in [0.05, 0.1) is 0 Å². The maximum atomic E-state index is 10.3. The van der Waals surface area contributed by atoms with Gasteiger partial charge in [-0.05, 0) is 25.9 Å². The van der Waals surface area contributed by atoms with Crippen LogP contribution in [-0.4, -0.2) is 39.3 Å². The van der Waals surface area contributed by atoms with E-state index in [1.165, 1.54) is 0 Å². The van der Waals surface area contributed by atoms with E-state index in [9.17, 15) is 8.76 Å². The molecule has 1 aliphatic rings. The zero-order chi connectivity index (χ0) is 8.97. The highest BCUT2D eigenvalue weighted by Crippen LogP contribution is 2.09. The molecule has 0 aromatic heterocycles. The van der Waals surface area contributed by atoms with Crippen molar-refractivity contribution >= 4 is 11.3 Å². The van der Waals surface area contributed by atoms with Crippen LogP contribution < -0.4 is 4.72 Å². The summed E-state index contributed by atoms with van der Waals surface area (Å²) in [5, 5.41) is 0. The Morgan fingerprint density at radius 3 is 3.08 bits per heavy atom. The van der Waals surface area contributed by atoms with Crippen LogP contribution in [0.3, 0.4) is 0 Å². The molecule has 1 fully saturated rings. The van der Waals surface area contributed by atoms with Gasteiger partial charge in [-0.25, -0.2) is 4.72 Å². The fourth-order valence-corrected chi connectivity index (χ4v) is 2.05. The lowest BCUT2D eigenvalue weighted by molar-refractivity contribution is 0.332. The first-order valence-corrected chi connectivity index (χ1v) is 5.37. The Hall–Kier alpha value is 0.0300. The quantitative estimate of drug-likeness (QED) is 0.629. The van der Waals surface area contributed by atoms with Gasteiger partial charge >= 0.3 is 0 Å². The van der Waals surface area contributed by atoms with Crippen molar-refractivity contribution in [2.45, 2.75) is 25.8 Å². The highest BCUT2D eigenvalue weighted by Gasteiger charge is 2.20. The molecule has 0 bridgehead atoms. The van der Waals surface area contributed by atoms with Gasteiger partial charge in [-0.1, -0.05) is 6.92 Å². The summed E-state index contributed by atoms with van der Waals surface area (Å²) in [4.78, 5) is 2.28. The first-order valence-electron chi connectivity index (χ1n) is 4.30. The average Bonchev–Trinajstić information content (AvgIpc) is 2.36. The summed E-state index contributed by atoms with van der Waals surface area (Å²) in [5.41, 5.74) is 0. The number of hydrogen-bond acceptors (Lipinski definition) is 3. The smallest absolute Gasteiger partial charge is 0.0324 e. The van der Waals surface area contributed by atoms with Gasteiger partial charge in [0, 0.05) is 23.9 Å². The highest BCUT2D eigenvalue weighted by molar-refractivity contribution is 7.77. The number of hydrogen-bond donors (Lipinski definition) is 1. The Morgan fingerprint density at radius 2 is 2.50 bits per heavy atom. The van der Waals surface area contributed by atoms with Gasteiger partial charge in [0.1, 0.15) is 0 Å². The molecule has 0 aliphatic carbocycles. The molecule has 0 amide bonds. The molecule has 0 aromatic carbocycles. The molecule has 1 N–H and O–H groups in total. The van der Waals surface area contributed by atoms with Crippen LogP contribution in [0.2, 0.25) is 0 Å². The Kier molecular flexibility index (Phi) is 4.14. The van der Waals surface area contributed by atoms with Crippen molar-refractivity contribution in [3.05, 3.63) is 0 Å². The molecule has 1 aliphatic heterocycles. The molecule has 0 radical (unpaired) electrons. The van der Waals surface area contributed by atoms with Crippen molar-refractivity contribution < 1.29 is 8.76 Å². The van der Waals surface area contributed by atoms with Gasteiger partial charge in [-0.3, -0.25) is 4.21 Å². The first-order chi connectivity index (χ1) is 5.72. The lowest BCUT2D eigenvalue weighted by atomic mass is 10.3. The van der Waals surface area contributed by atoms with E-state index in [2.05, 4.69) is 16.5 Å². The molecule has 1 rings (SSSR count). The van der Waals surface area contributed by atoms with Crippen molar-refractivity contribution in [2.75, 3.05) is 19.6 Å². The van der Waals surface area contributed by atoms with E-state index in [0.29, 0.717) is 0 Å². The van der Waals surface area contributed by atoms with Crippen LogP contribution >= 0.6 is 0 Å². The lowest BCUT2D eigenvalue weighted by Crippen LogP contribution is -2.33. The van der Waals surface area contributed by atoms with Gasteiger partial charge in [0.15, 0.2) is 0 Å². The first kappa shape index (κ1) is 10.1. The van der Waals surface area contributed by atoms with Gasteiger partial charge < -0.3 is 9.45 Å². The molecule has 72 valence electrons. The van der Waals surface area contributed by atoms with Crippen molar-refractivity contribution in [1.29, 1.82) is 0 Å². The van der Waals surface area contributed by atoms with Crippen LogP contribution in [0, 0.1) is 0 Å². The number of nitrogens with zero attached hydrogens (tertiary/aromatic N) is 1. The zero-order valence-electron chi connectivity index (χ0n) is 7.28. The second kappa shape index (κ2) is 4.91. The van der Waals surface area contributed by atoms with Crippen LogP contribution in [0.1, 0.15) is 19.8 Å². The monoisotopic (exact) mass is 191 g/mol.